The highest BCUT2D eigenvalue weighted by Gasteiger charge is 2.27. The molecule has 1 aromatic heterocycles. The van der Waals surface area contributed by atoms with Gasteiger partial charge in [0.15, 0.2) is 0 Å². The van der Waals surface area contributed by atoms with Gasteiger partial charge < -0.3 is 5.32 Å². The lowest BCUT2D eigenvalue weighted by molar-refractivity contribution is -0.112. The third-order valence-corrected chi connectivity index (χ3v) is 3.68. The first-order valence-electron chi connectivity index (χ1n) is 6.02. The Morgan fingerprint density at radius 2 is 1.95 bits per heavy atom. The number of rotatable bonds is 4. The molecular formula is C14H11N3O2S. The van der Waals surface area contributed by atoms with Crippen LogP contribution in [0.1, 0.15) is 15.9 Å². The fraction of sp³-hybridized carbons (Fsp3) is 0.0714. The quantitative estimate of drug-likeness (QED) is 0.664. The molecule has 2 N–H and O–H groups in total. The van der Waals surface area contributed by atoms with Crippen molar-refractivity contribution in [3.63, 3.8) is 0 Å². The van der Waals surface area contributed by atoms with Gasteiger partial charge in [-0.3, -0.25) is 19.3 Å². The summed E-state index contributed by atoms with van der Waals surface area (Å²) in [5.41, 5.74) is 2.14. The third-order valence-electron chi connectivity index (χ3n) is 2.91. The molecule has 1 amide bonds. The molecule has 0 radical (unpaired) electrons. The Kier molecular flexibility index (Phi) is 3.49. The maximum Gasteiger partial charge on any atom is 0.296 e. The number of amides is 1. The number of pyridine rings is 1. The van der Waals surface area contributed by atoms with Crippen molar-refractivity contribution in [1.82, 2.24) is 9.71 Å². The molecule has 0 saturated heterocycles. The minimum absolute atomic E-state index is 0.436. The van der Waals surface area contributed by atoms with Gasteiger partial charge in [-0.25, -0.2) is 0 Å². The minimum Gasteiger partial charge on any atom is -0.318 e. The second-order valence-electron chi connectivity index (χ2n) is 4.27. The van der Waals surface area contributed by atoms with Gasteiger partial charge >= 0.3 is 0 Å². The predicted molar refractivity (Wildman–Crippen MR) is 76.3 cm³/mol. The topological polar surface area (TPSA) is 71.1 Å². The molecule has 1 aromatic carbocycles. The van der Waals surface area contributed by atoms with Gasteiger partial charge in [-0.15, -0.1) is 0 Å². The fourth-order valence-corrected chi connectivity index (χ4v) is 2.61. The number of anilines is 1. The number of carbonyl (C=O) groups excluding carboxylic acids is 2. The van der Waals surface area contributed by atoms with E-state index in [1.165, 1.54) is 11.9 Å². The summed E-state index contributed by atoms with van der Waals surface area (Å²) < 4.78 is 3.21. The van der Waals surface area contributed by atoms with Crippen molar-refractivity contribution in [3.8, 4) is 0 Å². The van der Waals surface area contributed by atoms with E-state index in [4.69, 9.17) is 0 Å². The first kappa shape index (κ1) is 12.8. The van der Waals surface area contributed by atoms with E-state index in [1.54, 1.807) is 24.5 Å². The number of benzene rings is 1. The molecule has 1 aliphatic heterocycles. The number of nitrogens with one attached hydrogen (secondary N) is 2. The molecule has 0 bridgehead atoms. The molecule has 100 valence electrons. The highest BCUT2D eigenvalue weighted by molar-refractivity contribution is 7.97. The van der Waals surface area contributed by atoms with Crippen LogP contribution in [-0.4, -0.2) is 16.7 Å². The van der Waals surface area contributed by atoms with Gasteiger partial charge in [-0.05, 0) is 47.8 Å². The number of hydrogen-bond donors (Lipinski definition) is 2. The highest BCUT2D eigenvalue weighted by atomic mass is 32.2. The van der Waals surface area contributed by atoms with Crippen molar-refractivity contribution < 1.29 is 9.59 Å². The smallest absolute Gasteiger partial charge is 0.296 e. The zero-order valence-corrected chi connectivity index (χ0v) is 11.2. The summed E-state index contributed by atoms with van der Waals surface area (Å²) in [6, 6.07) is 9.20. The molecule has 3 rings (SSSR count). The molecule has 0 fully saturated rings. The van der Waals surface area contributed by atoms with Crippen LogP contribution in [0.4, 0.5) is 5.69 Å². The second kappa shape index (κ2) is 5.44. The van der Waals surface area contributed by atoms with E-state index in [-0.39, 0.29) is 0 Å². The molecular weight excluding hydrogens is 274 g/mol. The second-order valence-corrected chi connectivity index (χ2v) is 5.23. The van der Waals surface area contributed by atoms with Crippen molar-refractivity contribution in [2.75, 3.05) is 5.32 Å². The minimum atomic E-state index is -0.563. The van der Waals surface area contributed by atoms with Crippen LogP contribution < -0.4 is 10.0 Å². The van der Waals surface area contributed by atoms with Gasteiger partial charge in [0.2, 0.25) is 0 Å². The molecule has 1 aliphatic rings. The van der Waals surface area contributed by atoms with E-state index >= 15 is 0 Å². The first-order chi connectivity index (χ1) is 9.74. The van der Waals surface area contributed by atoms with E-state index in [1.807, 2.05) is 18.2 Å². The SMILES string of the molecule is O=C1Nc2ccc(SNCc3ccncc3)cc2C1=O. The van der Waals surface area contributed by atoms with Crippen molar-refractivity contribution in [2.45, 2.75) is 11.4 Å². The monoisotopic (exact) mass is 285 g/mol. The Labute approximate surface area is 119 Å². The average molecular weight is 285 g/mol. The Bertz CT molecular complexity index is 673. The molecule has 0 spiro atoms. The van der Waals surface area contributed by atoms with Crippen LogP contribution in [0.15, 0.2) is 47.6 Å². The van der Waals surface area contributed by atoms with Gasteiger partial charge in [0.1, 0.15) is 0 Å². The van der Waals surface area contributed by atoms with E-state index in [9.17, 15) is 9.59 Å². The zero-order chi connectivity index (χ0) is 13.9. The number of fused-ring (bicyclic) bond motifs is 1. The molecule has 5 nitrogen and oxygen atoms in total. The number of ketones is 1. The molecule has 6 heteroatoms. The van der Waals surface area contributed by atoms with Gasteiger partial charge in [-0.2, -0.15) is 0 Å². The van der Waals surface area contributed by atoms with E-state index < -0.39 is 11.7 Å². The molecule has 0 atom stereocenters. The van der Waals surface area contributed by atoms with E-state index in [0.29, 0.717) is 17.8 Å². The standard InChI is InChI=1S/C14H11N3O2S/c18-13-11-7-10(1-2-12(11)17-14(13)19)20-16-8-9-3-5-15-6-4-9/h1-7,16H,8H2,(H,17,18,19). The molecule has 0 unspecified atom stereocenters. The molecule has 2 heterocycles. The summed E-state index contributed by atoms with van der Waals surface area (Å²) in [5, 5.41) is 2.53. The van der Waals surface area contributed by atoms with Gasteiger partial charge in [-0.1, -0.05) is 0 Å². The van der Waals surface area contributed by atoms with Crippen LogP contribution in [0.5, 0.6) is 0 Å². The molecule has 2 aromatic rings. The summed E-state index contributed by atoms with van der Waals surface area (Å²) in [4.78, 5) is 27.7. The Balaban J connectivity index is 1.65. The fourth-order valence-electron chi connectivity index (χ4n) is 1.89. The zero-order valence-electron chi connectivity index (χ0n) is 10.4. The highest BCUT2D eigenvalue weighted by Crippen LogP contribution is 2.27. The summed E-state index contributed by atoms with van der Waals surface area (Å²) in [7, 11) is 0. The normalized spacial score (nSPS) is 13.2. The number of carbonyl (C=O) groups is 2. The average Bonchev–Trinajstić information content (AvgIpc) is 2.76. The Hall–Kier alpha value is -2.18. The van der Waals surface area contributed by atoms with Crippen LogP contribution in [0.25, 0.3) is 0 Å². The van der Waals surface area contributed by atoms with Crippen LogP contribution in [-0.2, 0) is 11.3 Å². The van der Waals surface area contributed by atoms with E-state index in [2.05, 4.69) is 15.0 Å². The van der Waals surface area contributed by atoms with Crippen molar-refractivity contribution in [3.05, 3.63) is 53.9 Å². The lowest BCUT2D eigenvalue weighted by atomic mass is 10.1. The summed E-state index contributed by atoms with van der Waals surface area (Å²) in [6.07, 6.45) is 3.49. The lowest BCUT2D eigenvalue weighted by Crippen LogP contribution is -2.12. The molecule has 0 saturated carbocycles. The largest absolute Gasteiger partial charge is 0.318 e. The van der Waals surface area contributed by atoms with Crippen LogP contribution in [0.2, 0.25) is 0 Å². The number of nitrogens with zero attached hydrogens (tertiary/aromatic N) is 1. The summed E-state index contributed by atoms with van der Waals surface area (Å²) in [6.45, 7) is 0.690. The molecule has 20 heavy (non-hydrogen) atoms. The van der Waals surface area contributed by atoms with Crippen molar-refractivity contribution in [1.29, 1.82) is 0 Å². The van der Waals surface area contributed by atoms with Crippen LogP contribution in [0, 0.1) is 0 Å². The third kappa shape index (κ3) is 2.56. The predicted octanol–water partition coefficient (Wildman–Crippen LogP) is 2.01. The van der Waals surface area contributed by atoms with Gasteiger partial charge in [0, 0.05) is 23.8 Å². The lowest BCUT2D eigenvalue weighted by Gasteiger charge is -2.05. The molecule has 0 aliphatic carbocycles. The number of hydrogen-bond acceptors (Lipinski definition) is 5. The Morgan fingerprint density at radius 1 is 1.15 bits per heavy atom. The van der Waals surface area contributed by atoms with Gasteiger partial charge in [0.25, 0.3) is 11.7 Å². The van der Waals surface area contributed by atoms with Crippen molar-refractivity contribution in [2.24, 2.45) is 0 Å². The van der Waals surface area contributed by atoms with Crippen molar-refractivity contribution >= 4 is 29.3 Å². The van der Waals surface area contributed by atoms with Gasteiger partial charge in [0.05, 0.1) is 11.3 Å². The summed E-state index contributed by atoms with van der Waals surface area (Å²) in [5.74, 6) is -1.04. The van der Waals surface area contributed by atoms with Crippen LogP contribution in [0.3, 0.4) is 0 Å². The Morgan fingerprint density at radius 3 is 2.75 bits per heavy atom. The van der Waals surface area contributed by atoms with E-state index in [0.717, 1.165) is 10.5 Å². The maximum absolute atomic E-state index is 11.6. The maximum atomic E-state index is 11.6. The van der Waals surface area contributed by atoms with Crippen LogP contribution >= 0.6 is 11.9 Å². The first-order valence-corrected chi connectivity index (χ1v) is 6.84. The number of aromatic nitrogens is 1. The summed E-state index contributed by atoms with van der Waals surface area (Å²) >= 11 is 1.42. The number of Topliss-reactive ketones (excluding diaryl/α,β-unsaturated/α-hetero) is 1.